The Morgan fingerprint density at radius 1 is 1.12 bits per heavy atom. The van der Waals surface area contributed by atoms with Gasteiger partial charge in [-0.25, -0.2) is 4.79 Å². The molecule has 9 atom stereocenters. The fourth-order valence-corrected chi connectivity index (χ4v) is 9.24. The van der Waals surface area contributed by atoms with Gasteiger partial charge in [-0.1, -0.05) is 31.6 Å². The van der Waals surface area contributed by atoms with E-state index in [1.54, 1.807) is 6.08 Å². The van der Waals surface area contributed by atoms with Crippen LogP contribution < -0.4 is 5.32 Å². The molecule has 0 aromatic heterocycles. The molecule has 14 heteroatoms. The first-order valence-corrected chi connectivity index (χ1v) is 16.3. The SMILES string of the molecule is C[C@]12CCC(=O)C=C1CC[C@@H]1[C@@H]2[C@@H](O)C[C@@]2(C)[C@H]1CC[C@]2(O)C(=O)COC(=O)CCC(=O)N[C@H](C(=O)O)[C@@H](O)c1cccc([N+](=O)[O-])c1. The molecule has 0 heterocycles. The summed E-state index contributed by atoms with van der Waals surface area (Å²) >= 11 is 0. The maximum absolute atomic E-state index is 13.5. The number of Topliss-reactive ketones (excluding diaryl/α,β-unsaturated/α-hetero) is 1. The van der Waals surface area contributed by atoms with Crippen molar-refractivity contribution in [1.29, 1.82) is 0 Å². The molecule has 14 nitrogen and oxygen atoms in total. The Bertz CT molecular complexity index is 1560. The molecule has 0 aliphatic heterocycles. The number of amides is 1. The molecule has 1 aromatic carbocycles. The standard InChI is InChI=1S/C34H42N2O12/c1-32-12-10-21(37)15-19(32)6-7-22-23-11-13-34(45,33(23,2)16-24(38)28(22)32)25(39)17-48-27(41)9-8-26(40)35-29(31(43)44)30(42)18-4-3-5-20(14-18)36(46)47/h3-5,14-15,22-24,28-30,38,42,45H,6-13,16-17H2,1-2H3,(H,35,40)(H,43,44)/t22-,23-,24-,28+,29-,30-,32-,33-,34-/m0/s1. The van der Waals surface area contributed by atoms with Gasteiger partial charge in [0.1, 0.15) is 11.7 Å². The normalized spacial score (nSPS) is 33.6. The third-order valence-corrected chi connectivity index (χ3v) is 11.8. The number of aliphatic hydroxyl groups excluding tert-OH is 2. The molecule has 5 rings (SSSR count). The van der Waals surface area contributed by atoms with Crippen LogP contribution >= 0.6 is 0 Å². The number of nitro groups is 1. The highest BCUT2D eigenvalue weighted by molar-refractivity contribution is 5.92. The minimum atomic E-state index is -1.87. The number of nitrogens with one attached hydrogen (secondary N) is 1. The number of non-ortho nitro benzene ring substituents is 1. The lowest BCUT2D eigenvalue weighted by molar-refractivity contribution is -0.385. The number of allylic oxidation sites excluding steroid dienone is 1. The number of carboxylic acid groups (broad SMARTS) is 1. The summed E-state index contributed by atoms with van der Waals surface area (Å²) < 4.78 is 5.13. The van der Waals surface area contributed by atoms with E-state index in [9.17, 15) is 54.5 Å². The Morgan fingerprint density at radius 3 is 2.54 bits per heavy atom. The number of ketones is 2. The van der Waals surface area contributed by atoms with Crippen LogP contribution in [0.5, 0.6) is 0 Å². The number of fused-ring (bicyclic) bond motifs is 5. The van der Waals surface area contributed by atoms with Crippen LogP contribution in [0.25, 0.3) is 0 Å². The monoisotopic (exact) mass is 670 g/mol. The van der Waals surface area contributed by atoms with E-state index in [-0.39, 0.29) is 53.0 Å². The molecular weight excluding hydrogens is 628 g/mol. The quantitative estimate of drug-likeness (QED) is 0.130. The molecule has 4 aliphatic rings. The topological polar surface area (TPSA) is 231 Å². The van der Waals surface area contributed by atoms with Crippen molar-refractivity contribution in [2.75, 3.05) is 6.61 Å². The lowest BCUT2D eigenvalue weighted by Gasteiger charge is -2.60. The first kappa shape index (κ1) is 35.3. The maximum atomic E-state index is 13.5. The van der Waals surface area contributed by atoms with Crippen molar-refractivity contribution in [3.05, 3.63) is 51.6 Å². The summed E-state index contributed by atoms with van der Waals surface area (Å²) in [5.74, 6) is -4.19. The fourth-order valence-electron chi connectivity index (χ4n) is 9.24. The molecule has 0 bridgehead atoms. The van der Waals surface area contributed by atoms with Crippen LogP contribution in [-0.2, 0) is 28.7 Å². The lowest BCUT2D eigenvalue weighted by atomic mass is 9.45. The van der Waals surface area contributed by atoms with E-state index in [1.807, 2.05) is 6.92 Å². The zero-order chi connectivity index (χ0) is 35.2. The molecule has 1 amide bonds. The van der Waals surface area contributed by atoms with Crippen LogP contribution in [0.3, 0.4) is 0 Å². The largest absolute Gasteiger partial charge is 0.480 e. The Morgan fingerprint density at radius 2 is 1.85 bits per heavy atom. The number of hydrogen-bond acceptors (Lipinski definition) is 11. The third-order valence-electron chi connectivity index (χ3n) is 11.8. The van der Waals surface area contributed by atoms with Gasteiger partial charge in [0.2, 0.25) is 11.7 Å². The molecule has 48 heavy (non-hydrogen) atoms. The number of nitrogens with zero attached hydrogens (tertiary/aromatic N) is 1. The molecule has 0 unspecified atom stereocenters. The van der Waals surface area contributed by atoms with Gasteiger partial charge < -0.3 is 30.5 Å². The van der Waals surface area contributed by atoms with Gasteiger partial charge >= 0.3 is 11.9 Å². The Labute approximate surface area is 276 Å². The second-order valence-corrected chi connectivity index (χ2v) is 14.2. The van der Waals surface area contributed by atoms with Crippen LogP contribution in [0.2, 0.25) is 0 Å². The van der Waals surface area contributed by atoms with Gasteiger partial charge in [-0.2, -0.15) is 0 Å². The van der Waals surface area contributed by atoms with Gasteiger partial charge in [-0.15, -0.1) is 0 Å². The molecule has 5 N–H and O–H groups in total. The number of ether oxygens (including phenoxy) is 1. The summed E-state index contributed by atoms with van der Waals surface area (Å²) in [7, 11) is 0. The van der Waals surface area contributed by atoms with Crippen LogP contribution in [0, 0.1) is 38.7 Å². The van der Waals surface area contributed by atoms with Gasteiger partial charge in [-0.05, 0) is 73.3 Å². The second kappa shape index (κ2) is 13.1. The molecule has 0 spiro atoms. The number of esters is 1. The van der Waals surface area contributed by atoms with Crippen LogP contribution in [-0.4, -0.2) is 79.1 Å². The number of nitro benzene ring substituents is 1. The maximum Gasteiger partial charge on any atom is 0.329 e. The van der Waals surface area contributed by atoms with E-state index >= 15 is 0 Å². The Hall–Kier alpha value is -4.01. The number of rotatable bonds is 11. The first-order chi connectivity index (χ1) is 22.5. The van der Waals surface area contributed by atoms with Gasteiger partial charge in [0, 0.05) is 30.4 Å². The first-order valence-electron chi connectivity index (χ1n) is 16.3. The molecular formula is C34H42N2O12. The van der Waals surface area contributed by atoms with E-state index in [4.69, 9.17) is 4.74 Å². The van der Waals surface area contributed by atoms with Crippen molar-refractivity contribution < 1.29 is 54.1 Å². The van der Waals surface area contributed by atoms with E-state index in [0.29, 0.717) is 19.3 Å². The molecule has 0 radical (unpaired) electrons. The highest BCUT2D eigenvalue weighted by Crippen LogP contribution is 2.67. The van der Waals surface area contributed by atoms with Gasteiger partial charge in [0.05, 0.1) is 17.4 Å². The minimum absolute atomic E-state index is 0.0437. The number of aliphatic carboxylic acids is 1. The molecule has 3 saturated carbocycles. The number of benzene rings is 1. The van der Waals surface area contributed by atoms with Gasteiger partial charge in [0.15, 0.2) is 18.4 Å². The Balaban J connectivity index is 1.16. The summed E-state index contributed by atoms with van der Waals surface area (Å²) in [5.41, 5.74) is -2.56. The van der Waals surface area contributed by atoms with E-state index < -0.39 is 77.3 Å². The van der Waals surface area contributed by atoms with Crippen molar-refractivity contribution in [1.82, 2.24) is 5.32 Å². The average Bonchev–Trinajstić information content (AvgIpc) is 3.31. The summed E-state index contributed by atoms with van der Waals surface area (Å²) in [5, 5.41) is 56.6. The number of aliphatic hydroxyl groups is 3. The zero-order valence-corrected chi connectivity index (χ0v) is 26.9. The van der Waals surface area contributed by atoms with Crippen molar-refractivity contribution in [3.63, 3.8) is 0 Å². The average molecular weight is 671 g/mol. The van der Waals surface area contributed by atoms with Crippen LogP contribution in [0.1, 0.15) is 83.3 Å². The van der Waals surface area contributed by atoms with Crippen LogP contribution in [0.4, 0.5) is 5.69 Å². The van der Waals surface area contributed by atoms with Crippen molar-refractivity contribution in [2.45, 2.75) is 95.5 Å². The van der Waals surface area contributed by atoms with Crippen molar-refractivity contribution >= 4 is 35.1 Å². The summed E-state index contributed by atoms with van der Waals surface area (Å²) in [4.78, 5) is 72.7. The number of hydrogen-bond donors (Lipinski definition) is 5. The Kier molecular flexibility index (Phi) is 9.65. The van der Waals surface area contributed by atoms with E-state index in [0.717, 1.165) is 30.5 Å². The molecule has 3 fully saturated rings. The van der Waals surface area contributed by atoms with Crippen LogP contribution in [0.15, 0.2) is 35.9 Å². The van der Waals surface area contributed by atoms with Gasteiger partial charge in [-0.3, -0.25) is 29.3 Å². The van der Waals surface area contributed by atoms with Gasteiger partial charge in [0.25, 0.3) is 5.69 Å². The molecule has 260 valence electrons. The van der Waals surface area contributed by atoms with E-state index in [1.165, 1.54) is 12.1 Å². The summed E-state index contributed by atoms with van der Waals surface area (Å²) in [6, 6.07) is 2.79. The van der Waals surface area contributed by atoms with E-state index in [2.05, 4.69) is 12.2 Å². The second-order valence-electron chi connectivity index (χ2n) is 14.2. The predicted molar refractivity (Wildman–Crippen MR) is 166 cm³/mol. The number of carbonyl (C=O) groups is 5. The molecule has 4 aliphatic carbocycles. The van der Waals surface area contributed by atoms with Crippen molar-refractivity contribution in [2.24, 2.45) is 28.6 Å². The van der Waals surface area contributed by atoms with Crippen molar-refractivity contribution in [3.8, 4) is 0 Å². The molecule has 0 saturated heterocycles. The summed E-state index contributed by atoms with van der Waals surface area (Å²) in [6.45, 7) is 3.17. The highest BCUT2D eigenvalue weighted by atomic mass is 16.6. The number of carboxylic acids is 1. The molecule has 1 aromatic rings. The number of carbonyl (C=O) groups excluding carboxylic acids is 4. The smallest absolute Gasteiger partial charge is 0.329 e. The predicted octanol–water partition coefficient (Wildman–Crippen LogP) is 2.32. The third kappa shape index (κ3) is 6.16. The fraction of sp³-hybridized carbons (Fsp3) is 0.618. The summed E-state index contributed by atoms with van der Waals surface area (Å²) in [6.07, 6.45) is 1.46. The lowest BCUT2D eigenvalue weighted by Crippen LogP contribution is -2.62. The highest BCUT2D eigenvalue weighted by Gasteiger charge is 2.68. The minimum Gasteiger partial charge on any atom is -0.480 e. The zero-order valence-electron chi connectivity index (χ0n) is 26.9.